The number of carbonyl (C=O) groups is 1. The summed E-state index contributed by atoms with van der Waals surface area (Å²) in [4.78, 5) is 24.6. The van der Waals surface area contributed by atoms with Gasteiger partial charge in [0.1, 0.15) is 22.6 Å². The fraction of sp³-hybridized carbons (Fsp3) is 0.158. The van der Waals surface area contributed by atoms with Crippen LogP contribution in [0.1, 0.15) is 15.9 Å². The van der Waals surface area contributed by atoms with Gasteiger partial charge in [-0.1, -0.05) is 17.7 Å². The molecule has 0 saturated heterocycles. The smallest absolute Gasteiger partial charge is 0.347 e. The van der Waals surface area contributed by atoms with Gasteiger partial charge in [-0.3, -0.25) is 4.79 Å². The zero-order chi connectivity index (χ0) is 18.9. The number of ketones is 1. The third-order valence-electron chi connectivity index (χ3n) is 3.94. The molecule has 0 unspecified atom stereocenters. The van der Waals surface area contributed by atoms with E-state index in [2.05, 4.69) is 0 Å². The van der Waals surface area contributed by atoms with Gasteiger partial charge in [0.15, 0.2) is 15.6 Å². The minimum atomic E-state index is -3.86. The molecule has 7 heteroatoms. The van der Waals surface area contributed by atoms with E-state index in [1.165, 1.54) is 31.4 Å². The van der Waals surface area contributed by atoms with Crippen LogP contribution >= 0.6 is 0 Å². The summed E-state index contributed by atoms with van der Waals surface area (Å²) < 4.78 is 35.0. The minimum Gasteiger partial charge on any atom is -0.497 e. The second kappa shape index (κ2) is 6.76. The topological polar surface area (TPSA) is 90.7 Å². The molecule has 0 N–H and O–H groups in total. The van der Waals surface area contributed by atoms with Gasteiger partial charge in [-0.2, -0.15) is 0 Å². The first kappa shape index (κ1) is 17.9. The van der Waals surface area contributed by atoms with Crippen molar-refractivity contribution in [1.82, 2.24) is 0 Å². The molecule has 3 rings (SSSR count). The highest BCUT2D eigenvalue weighted by Gasteiger charge is 2.23. The van der Waals surface area contributed by atoms with Crippen molar-refractivity contribution in [2.75, 3.05) is 12.9 Å². The molecule has 0 aliphatic rings. The van der Waals surface area contributed by atoms with E-state index in [9.17, 15) is 18.0 Å². The van der Waals surface area contributed by atoms with Gasteiger partial charge in [-0.05, 0) is 37.3 Å². The Morgan fingerprint density at radius 3 is 2.42 bits per heavy atom. The Kier molecular flexibility index (Phi) is 4.65. The van der Waals surface area contributed by atoms with Crippen LogP contribution in [0.5, 0.6) is 5.75 Å². The third-order valence-corrected chi connectivity index (χ3v) is 5.58. The summed E-state index contributed by atoms with van der Waals surface area (Å²) in [7, 11) is -2.38. The number of benzene rings is 2. The summed E-state index contributed by atoms with van der Waals surface area (Å²) >= 11 is 0. The van der Waals surface area contributed by atoms with Gasteiger partial charge in [-0.15, -0.1) is 0 Å². The molecule has 0 atom stereocenters. The van der Waals surface area contributed by atoms with Crippen molar-refractivity contribution in [3.8, 4) is 5.75 Å². The number of methoxy groups -OCH3 is 1. The van der Waals surface area contributed by atoms with Crippen LogP contribution in [0.2, 0.25) is 0 Å². The molecule has 0 radical (unpaired) electrons. The molecule has 0 spiro atoms. The Morgan fingerprint density at radius 2 is 1.77 bits per heavy atom. The number of rotatable bonds is 5. The molecule has 26 heavy (non-hydrogen) atoms. The molecule has 3 aromatic rings. The number of sulfone groups is 1. The fourth-order valence-electron chi connectivity index (χ4n) is 2.49. The quantitative estimate of drug-likeness (QED) is 0.505. The Bertz CT molecular complexity index is 1140. The Morgan fingerprint density at radius 1 is 1.08 bits per heavy atom. The van der Waals surface area contributed by atoms with Gasteiger partial charge >= 0.3 is 5.63 Å². The molecule has 0 aliphatic heterocycles. The van der Waals surface area contributed by atoms with Crippen LogP contribution in [0.15, 0.2) is 62.6 Å². The van der Waals surface area contributed by atoms with Crippen LogP contribution in [-0.4, -0.2) is 27.1 Å². The molecule has 1 aromatic heterocycles. The van der Waals surface area contributed by atoms with Gasteiger partial charge in [0.05, 0.1) is 12.0 Å². The third kappa shape index (κ3) is 3.52. The van der Waals surface area contributed by atoms with Crippen LogP contribution in [0.25, 0.3) is 11.0 Å². The minimum absolute atomic E-state index is 0.0337. The zero-order valence-corrected chi connectivity index (χ0v) is 15.0. The summed E-state index contributed by atoms with van der Waals surface area (Å²) in [5, 5.41) is 0.501. The van der Waals surface area contributed by atoms with Gasteiger partial charge in [0, 0.05) is 11.5 Å². The molecule has 6 nitrogen and oxygen atoms in total. The number of Topliss-reactive ketones (excluding diaryl/α,β-unsaturated/α-hetero) is 1. The van der Waals surface area contributed by atoms with E-state index >= 15 is 0 Å². The van der Waals surface area contributed by atoms with Crippen molar-refractivity contribution in [1.29, 1.82) is 0 Å². The molecular formula is C19H16O6S. The first-order valence-electron chi connectivity index (χ1n) is 7.75. The van der Waals surface area contributed by atoms with Crippen molar-refractivity contribution in [2.45, 2.75) is 11.8 Å². The summed E-state index contributed by atoms with van der Waals surface area (Å²) in [6.45, 7) is 1.83. The molecule has 134 valence electrons. The average Bonchev–Trinajstić information content (AvgIpc) is 2.60. The number of ether oxygens (including phenoxy) is 1. The van der Waals surface area contributed by atoms with Crippen molar-refractivity contribution in [2.24, 2.45) is 0 Å². The molecule has 0 amide bonds. The molecule has 0 fully saturated rings. The Balaban J connectivity index is 1.95. The maximum absolute atomic E-state index is 12.4. The van der Waals surface area contributed by atoms with Crippen LogP contribution in [0.3, 0.4) is 0 Å². The second-order valence-electron chi connectivity index (χ2n) is 5.85. The van der Waals surface area contributed by atoms with Gasteiger partial charge in [-0.25, -0.2) is 13.2 Å². The highest BCUT2D eigenvalue weighted by atomic mass is 32.2. The van der Waals surface area contributed by atoms with Gasteiger partial charge < -0.3 is 9.15 Å². The van der Waals surface area contributed by atoms with E-state index in [0.29, 0.717) is 11.1 Å². The Labute approximate surface area is 149 Å². The average molecular weight is 372 g/mol. The zero-order valence-electron chi connectivity index (χ0n) is 14.2. The van der Waals surface area contributed by atoms with E-state index in [0.717, 1.165) is 5.56 Å². The maximum Gasteiger partial charge on any atom is 0.347 e. The largest absolute Gasteiger partial charge is 0.497 e. The SMILES string of the molecule is COc1ccc2cc(C(=O)CS(=O)(=O)c3ccc(C)cc3)c(=O)oc2c1. The van der Waals surface area contributed by atoms with Crippen molar-refractivity contribution in [3.63, 3.8) is 0 Å². The molecule has 0 aliphatic carbocycles. The normalized spacial score (nSPS) is 11.5. The van der Waals surface area contributed by atoms with E-state index in [1.807, 2.05) is 6.92 Å². The van der Waals surface area contributed by atoms with E-state index in [1.54, 1.807) is 24.3 Å². The first-order chi connectivity index (χ1) is 12.3. The number of fused-ring (bicyclic) bond motifs is 1. The highest BCUT2D eigenvalue weighted by molar-refractivity contribution is 7.92. The lowest BCUT2D eigenvalue weighted by molar-refractivity contribution is 0.101. The second-order valence-corrected chi connectivity index (χ2v) is 7.84. The van der Waals surface area contributed by atoms with Crippen LogP contribution in [0.4, 0.5) is 0 Å². The van der Waals surface area contributed by atoms with Crippen LogP contribution in [0, 0.1) is 6.92 Å². The number of aryl methyl sites for hydroxylation is 1. The molecule has 0 saturated carbocycles. The Hall–Kier alpha value is -2.93. The van der Waals surface area contributed by atoms with E-state index in [-0.39, 0.29) is 16.0 Å². The van der Waals surface area contributed by atoms with Gasteiger partial charge in [0.25, 0.3) is 0 Å². The lowest BCUT2D eigenvalue weighted by Gasteiger charge is -2.06. The maximum atomic E-state index is 12.4. The van der Waals surface area contributed by atoms with Gasteiger partial charge in [0.2, 0.25) is 0 Å². The summed E-state index contributed by atoms with van der Waals surface area (Å²) in [6.07, 6.45) is 0. The monoisotopic (exact) mass is 372 g/mol. The van der Waals surface area contributed by atoms with Crippen molar-refractivity contribution < 1.29 is 22.4 Å². The van der Waals surface area contributed by atoms with Crippen molar-refractivity contribution in [3.05, 3.63) is 70.1 Å². The number of carbonyl (C=O) groups excluding carboxylic acids is 1. The number of hydrogen-bond donors (Lipinski definition) is 0. The molecule has 2 aromatic carbocycles. The molecule has 1 heterocycles. The lowest BCUT2D eigenvalue weighted by atomic mass is 10.1. The summed E-state index contributed by atoms with van der Waals surface area (Å²) in [6, 6.07) is 12.3. The molecular weight excluding hydrogens is 356 g/mol. The first-order valence-corrected chi connectivity index (χ1v) is 9.40. The summed E-state index contributed by atoms with van der Waals surface area (Å²) in [5.41, 5.74) is -0.0126. The highest BCUT2D eigenvalue weighted by Crippen LogP contribution is 2.21. The van der Waals surface area contributed by atoms with Crippen LogP contribution < -0.4 is 10.4 Å². The fourth-order valence-corrected chi connectivity index (χ4v) is 3.71. The predicted molar refractivity (Wildman–Crippen MR) is 96.6 cm³/mol. The summed E-state index contributed by atoms with van der Waals surface area (Å²) in [5.74, 6) is -1.11. The van der Waals surface area contributed by atoms with E-state index in [4.69, 9.17) is 9.15 Å². The lowest BCUT2D eigenvalue weighted by Crippen LogP contribution is -2.22. The van der Waals surface area contributed by atoms with E-state index < -0.39 is 27.0 Å². The standard InChI is InChI=1S/C19H16O6S/c1-12-3-7-15(8-4-12)26(22,23)11-17(20)16-9-13-5-6-14(24-2)10-18(13)25-19(16)21/h3-10H,11H2,1-2H3. The number of hydrogen-bond acceptors (Lipinski definition) is 6. The van der Waals surface area contributed by atoms with Crippen molar-refractivity contribution >= 4 is 26.6 Å². The molecule has 0 bridgehead atoms. The predicted octanol–water partition coefficient (Wildman–Crippen LogP) is 2.77. The van der Waals surface area contributed by atoms with Crippen LogP contribution in [-0.2, 0) is 9.84 Å².